The molecule has 3 atom stereocenters. The highest BCUT2D eigenvalue weighted by Gasteiger charge is 2.56. The van der Waals surface area contributed by atoms with Gasteiger partial charge < -0.3 is 9.84 Å². The highest BCUT2D eigenvalue weighted by molar-refractivity contribution is 14.1. The second-order valence-electron chi connectivity index (χ2n) is 8.78. The SMILES string of the molecule is CC1(OC(=O)C2C3c4ccccc4C(c4ccccc43)C2C(=O)O)C=C(I)CCC1. The van der Waals surface area contributed by atoms with Crippen molar-refractivity contribution >= 4 is 34.5 Å². The highest BCUT2D eigenvalue weighted by Crippen LogP contribution is 2.58. The number of halogens is 1. The first kappa shape index (κ1) is 19.8. The standard InChI is InChI=1S/C25H23IO4/c1-25(12-6-7-14(26)13-25)30-24(29)22-20-17-10-4-2-8-15(17)19(21(22)23(27)28)16-9-3-5-11-18(16)20/h2-5,8-11,13,19-22H,6-7,12H2,1H3,(H,27,28). The predicted molar refractivity (Wildman–Crippen MR) is 122 cm³/mol. The molecule has 0 fully saturated rings. The zero-order valence-electron chi connectivity index (χ0n) is 16.7. The molecule has 4 nitrogen and oxygen atoms in total. The lowest BCUT2D eigenvalue weighted by molar-refractivity contribution is -0.168. The number of hydrogen-bond donors (Lipinski definition) is 1. The Kier molecular flexibility index (Phi) is 4.76. The van der Waals surface area contributed by atoms with Gasteiger partial charge in [0.05, 0.1) is 11.8 Å². The molecule has 4 aliphatic rings. The number of esters is 1. The van der Waals surface area contributed by atoms with Gasteiger partial charge in [0.1, 0.15) is 5.60 Å². The molecule has 0 saturated carbocycles. The largest absolute Gasteiger partial charge is 0.481 e. The monoisotopic (exact) mass is 514 g/mol. The van der Waals surface area contributed by atoms with Crippen molar-refractivity contribution in [3.63, 3.8) is 0 Å². The molecule has 5 heteroatoms. The molecule has 4 aliphatic carbocycles. The smallest absolute Gasteiger partial charge is 0.311 e. The molecule has 30 heavy (non-hydrogen) atoms. The number of carbonyl (C=O) groups is 2. The summed E-state index contributed by atoms with van der Waals surface area (Å²) in [5.74, 6) is -3.54. The summed E-state index contributed by atoms with van der Waals surface area (Å²) in [6, 6.07) is 15.9. The van der Waals surface area contributed by atoms with Gasteiger partial charge in [0.25, 0.3) is 0 Å². The van der Waals surface area contributed by atoms with Crippen LogP contribution in [0.1, 0.15) is 60.3 Å². The lowest BCUT2D eigenvalue weighted by atomic mass is 9.54. The fourth-order valence-electron chi connectivity index (χ4n) is 5.72. The molecule has 0 aromatic heterocycles. The Labute approximate surface area is 189 Å². The number of benzene rings is 2. The van der Waals surface area contributed by atoms with Crippen LogP contribution in [0.5, 0.6) is 0 Å². The average Bonchev–Trinajstić information content (AvgIpc) is 2.72. The van der Waals surface area contributed by atoms with Gasteiger partial charge in [0.2, 0.25) is 0 Å². The summed E-state index contributed by atoms with van der Waals surface area (Å²) in [5, 5.41) is 10.2. The number of carboxylic acid groups (broad SMARTS) is 1. The molecule has 3 unspecified atom stereocenters. The highest BCUT2D eigenvalue weighted by atomic mass is 127. The van der Waals surface area contributed by atoms with Crippen LogP contribution in [0.25, 0.3) is 0 Å². The second-order valence-corrected chi connectivity index (χ2v) is 10.2. The van der Waals surface area contributed by atoms with Gasteiger partial charge in [-0.05, 0) is 80.7 Å². The summed E-state index contributed by atoms with van der Waals surface area (Å²) in [4.78, 5) is 26.1. The number of hydrogen-bond acceptors (Lipinski definition) is 3. The number of allylic oxidation sites excluding steroid dienone is 1. The summed E-state index contributed by atoms with van der Waals surface area (Å²) in [5.41, 5.74) is 3.48. The fraction of sp³-hybridized carbons (Fsp3) is 0.360. The third-order valence-corrected chi connectivity index (χ3v) is 7.73. The Morgan fingerprint density at radius 2 is 1.47 bits per heavy atom. The van der Waals surface area contributed by atoms with Gasteiger partial charge in [-0.3, -0.25) is 9.59 Å². The molecule has 0 radical (unpaired) electrons. The van der Waals surface area contributed by atoms with E-state index >= 15 is 0 Å². The van der Waals surface area contributed by atoms with E-state index in [0.29, 0.717) is 0 Å². The van der Waals surface area contributed by atoms with Crippen LogP contribution in [0.15, 0.2) is 58.2 Å². The Morgan fingerprint density at radius 1 is 0.967 bits per heavy atom. The van der Waals surface area contributed by atoms with Crippen LogP contribution in [0.3, 0.4) is 0 Å². The first-order valence-electron chi connectivity index (χ1n) is 10.4. The number of carbonyl (C=O) groups excluding carboxylic acids is 1. The van der Waals surface area contributed by atoms with Gasteiger partial charge in [-0.2, -0.15) is 0 Å². The minimum atomic E-state index is -0.935. The van der Waals surface area contributed by atoms with Crippen molar-refractivity contribution in [1.82, 2.24) is 0 Å². The van der Waals surface area contributed by atoms with E-state index < -0.39 is 29.4 Å². The van der Waals surface area contributed by atoms with Crippen molar-refractivity contribution in [2.45, 2.75) is 43.6 Å². The minimum Gasteiger partial charge on any atom is -0.481 e. The molecule has 154 valence electrons. The van der Waals surface area contributed by atoms with Gasteiger partial charge in [-0.25, -0.2) is 0 Å². The van der Waals surface area contributed by atoms with E-state index in [1.165, 1.54) is 3.58 Å². The van der Waals surface area contributed by atoms with E-state index in [0.717, 1.165) is 41.5 Å². The molecule has 2 aromatic rings. The second kappa shape index (κ2) is 7.22. The molecule has 0 saturated heterocycles. The Balaban J connectivity index is 1.62. The van der Waals surface area contributed by atoms with Gasteiger partial charge in [-0.1, -0.05) is 48.5 Å². The number of rotatable bonds is 3. The molecule has 2 aromatic carbocycles. The van der Waals surface area contributed by atoms with Gasteiger partial charge in [-0.15, -0.1) is 0 Å². The first-order chi connectivity index (χ1) is 14.4. The van der Waals surface area contributed by atoms with Crippen LogP contribution in [0.2, 0.25) is 0 Å². The average molecular weight is 514 g/mol. The molecule has 1 N–H and O–H groups in total. The zero-order chi connectivity index (χ0) is 21.0. The van der Waals surface area contributed by atoms with Crippen molar-refractivity contribution in [2.75, 3.05) is 0 Å². The molecule has 2 bridgehead atoms. The third-order valence-electron chi connectivity index (χ3n) is 6.88. The Hall–Kier alpha value is -2.15. The molecular formula is C25H23IO4. The van der Waals surface area contributed by atoms with Crippen molar-refractivity contribution in [1.29, 1.82) is 0 Å². The van der Waals surface area contributed by atoms with Crippen LogP contribution in [0.4, 0.5) is 0 Å². The van der Waals surface area contributed by atoms with E-state index in [2.05, 4.69) is 22.6 Å². The number of aliphatic carboxylic acids is 1. The Bertz CT molecular complexity index is 1030. The van der Waals surface area contributed by atoms with Crippen molar-refractivity contribution in [3.05, 3.63) is 80.4 Å². The Morgan fingerprint density at radius 3 is 1.93 bits per heavy atom. The molecule has 0 spiro atoms. The van der Waals surface area contributed by atoms with Crippen molar-refractivity contribution in [2.24, 2.45) is 11.8 Å². The van der Waals surface area contributed by atoms with E-state index in [4.69, 9.17) is 4.74 Å². The number of carboxylic acids is 1. The molecular weight excluding hydrogens is 491 g/mol. The summed E-state index contributed by atoms with van der Waals surface area (Å²) < 4.78 is 7.25. The van der Waals surface area contributed by atoms with Gasteiger partial charge >= 0.3 is 11.9 Å². The van der Waals surface area contributed by atoms with Crippen molar-refractivity contribution in [3.8, 4) is 0 Å². The molecule has 0 heterocycles. The molecule has 0 aliphatic heterocycles. The number of ether oxygens (including phenoxy) is 1. The zero-order valence-corrected chi connectivity index (χ0v) is 18.8. The summed E-state index contributed by atoms with van der Waals surface area (Å²) in [6.45, 7) is 1.93. The van der Waals surface area contributed by atoms with E-state index in [-0.39, 0.29) is 11.8 Å². The fourth-order valence-corrected chi connectivity index (χ4v) is 6.76. The minimum absolute atomic E-state index is 0.300. The quantitative estimate of drug-likeness (QED) is 0.440. The third kappa shape index (κ3) is 3.01. The van der Waals surface area contributed by atoms with Crippen LogP contribution in [0, 0.1) is 11.8 Å². The lowest BCUT2D eigenvalue weighted by Gasteiger charge is -2.48. The maximum absolute atomic E-state index is 13.6. The maximum atomic E-state index is 13.6. The molecule has 6 rings (SSSR count). The normalized spacial score (nSPS) is 31.3. The van der Waals surface area contributed by atoms with Crippen molar-refractivity contribution < 1.29 is 19.4 Å². The van der Waals surface area contributed by atoms with Crippen LogP contribution < -0.4 is 0 Å². The maximum Gasteiger partial charge on any atom is 0.311 e. The summed E-state index contributed by atoms with van der Waals surface area (Å²) >= 11 is 2.29. The van der Waals surface area contributed by atoms with E-state index in [9.17, 15) is 14.7 Å². The topological polar surface area (TPSA) is 63.6 Å². The van der Waals surface area contributed by atoms with Crippen LogP contribution in [-0.4, -0.2) is 22.6 Å². The predicted octanol–water partition coefficient (Wildman–Crippen LogP) is 5.40. The van der Waals surface area contributed by atoms with E-state index in [1.807, 2.05) is 61.5 Å². The van der Waals surface area contributed by atoms with E-state index in [1.54, 1.807) is 0 Å². The molecule has 0 amide bonds. The van der Waals surface area contributed by atoms with Crippen LogP contribution in [-0.2, 0) is 14.3 Å². The first-order valence-corrected chi connectivity index (χ1v) is 11.5. The number of fused-ring (bicyclic) bond motifs is 1. The summed E-state index contributed by atoms with van der Waals surface area (Å²) in [7, 11) is 0. The van der Waals surface area contributed by atoms with Gasteiger partial charge in [0, 0.05) is 11.8 Å². The van der Waals surface area contributed by atoms with Crippen LogP contribution >= 0.6 is 22.6 Å². The van der Waals surface area contributed by atoms with Gasteiger partial charge in [0.15, 0.2) is 0 Å². The lowest BCUT2D eigenvalue weighted by Crippen LogP contribution is -2.49. The summed E-state index contributed by atoms with van der Waals surface area (Å²) in [6.07, 6.45) is 4.74.